The van der Waals surface area contributed by atoms with Gasteiger partial charge in [-0.15, -0.1) is 17.0 Å². The zero-order valence-electron chi connectivity index (χ0n) is 13.9. The lowest BCUT2D eigenvalue weighted by molar-refractivity contribution is 0.389. The van der Waals surface area contributed by atoms with Crippen LogP contribution in [-0.2, 0) is 0 Å². The van der Waals surface area contributed by atoms with Gasteiger partial charge in [-0.3, -0.25) is 0 Å². The molecule has 0 saturated heterocycles. The number of aryl methyl sites for hydroxylation is 3. The van der Waals surface area contributed by atoms with Gasteiger partial charge in [-0.25, -0.2) is 0 Å². The monoisotopic (exact) mass is 352 g/mol. The molecule has 3 heteroatoms. The van der Waals surface area contributed by atoms with Crippen molar-refractivity contribution in [2.45, 2.75) is 53.4 Å². The maximum Gasteiger partial charge on any atom is 0.0942 e. The van der Waals surface area contributed by atoms with Crippen molar-refractivity contribution >= 4 is 22.7 Å². The molecule has 0 aromatic heterocycles. The molecule has 0 N–H and O–H groups in total. The molecule has 0 unspecified atom stereocenters. The predicted molar refractivity (Wildman–Crippen MR) is 98.3 cm³/mol. The SMILES string of the molecule is Br.CCCCCCN1C=CN(c2c(C)cc(C)cc2C)C1. The van der Waals surface area contributed by atoms with Gasteiger partial charge in [0.15, 0.2) is 0 Å². The summed E-state index contributed by atoms with van der Waals surface area (Å²) in [4.78, 5) is 4.80. The maximum atomic E-state index is 2.42. The molecule has 0 aliphatic carbocycles. The highest BCUT2D eigenvalue weighted by atomic mass is 79.9. The number of rotatable bonds is 6. The van der Waals surface area contributed by atoms with Gasteiger partial charge in [-0.1, -0.05) is 43.9 Å². The van der Waals surface area contributed by atoms with Gasteiger partial charge >= 0.3 is 0 Å². The van der Waals surface area contributed by atoms with Crippen molar-refractivity contribution in [1.29, 1.82) is 0 Å². The molecule has 0 atom stereocenters. The summed E-state index contributed by atoms with van der Waals surface area (Å²) in [5.74, 6) is 0. The van der Waals surface area contributed by atoms with E-state index in [1.165, 1.54) is 54.6 Å². The summed E-state index contributed by atoms with van der Waals surface area (Å²) < 4.78 is 0. The Kier molecular flexibility index (Phi) is 7.30. The first kappa shape index (κ1) is 18.1. The zero-order valence-corrected chi connectivity index (χ0v) is 15.6. The number of unbranched alkanes of at least 4 members (excludes halogenated alkanes) is 3. The number of hydrogen-bond donors (Lipinski definition) is 0. The summed E-state index contributed by atoms with van der Waals surface area (Å²) in [7, 11) is 0. The van der Waals surface area contributed by atoms with Gasteiger partial charge in [0.1, 0.15) is 0 Å². The second-order valence-corrected chi connectivity index (χ2v) is 6.03. The summed E-state index contributed by atoms with van der Waals surface area (Å²) in [5.41, 5.74) is 5.48. The number of halogens is 1. The standard InChI is InChI=1S/C18H28N2.BrH/c1-5-6-7-8-9-19-10-11-20(14-19)18-16(3)12-15(2)13-17(18)4;/h10-13H,5-9,14H2,1-4H3;1H. The van der Waals surface area contributed by atoms with Gasteiger partial charge in [0.25, 0.3) is 0 Å². The van der Waals surface area contributed by atoms with E-state index in [1.807, 2.05) is 0 Å². The molecule has 0 radical (unpaired) electrons. The molecule has 0 saturated carbocycles. The zero-order chi connectivity index (χ0) is 14.5. The van der Waals surface area contributed by atoms with Gasteiger partial charge in [0.2, 0.25) is 0 Å². The minimum Gasteiger partial charge on any atom is -0.358 e. The van der Waals surface area contributed by atoms with Crippen LogP contribution in [0.25, 0.3) is 0 Å². The maximum absolute atomic E-state index is 2.42. The molecule has 0 spiro atoms. The van der Waals surface area contributed by atoms with Gasteiger partial charge in [-0.05, 0) is 38.3 Å². The molecule has 2 rings (SSSR count). The Bertz CT molecular complexity index is 459. The van der Waals surface area contributed by atoms with E-state index in [0.29, 0.717) is 0 Å². The van der Waals surface area contributed by atoms with E-state index >= 15 is 0 Å². The van der Waals surface area contributed by atoms with Crippen LogP contribution in [0.15, 0.2) is 24.5 Å². The summed E-state index contributed by atoms with van der Waals surface area (Å²) in [6, 6.07) is 4.56. The largest absolute Gasteiger partial charge is 0.358 e. The average molecular weight is 353 g/mol. The van der Waals surface area contributed by atoms with E-state index in [0.717, 1.165) is 6.67 Å². The first-order valence-corrected chi connectivity index (χ1v) is 7.88. The molecule has 1 aliphatic rings. The highest BCUT2D eigenvalue weighted by molar-refractivity contribution is 8.93. The van der Waals surface area contributed by atoms with Crippen LogP contribution in [0.1, 0.15) is 49.3 Å². The fourth-order valence-corrected chi connectivity index (χ4v) is 3.12. The molecular formula is C18H29BrN2. The van der Waals surface area contributed by atoms with Crippen LogP contribution in [-0.4, -0.2) is 18.1 Å². The highest BCUT2D eigenvalue weighted by Crippen LogP contribution is 2.28. The smallest absolute Gasteiger partial charge is 0.0942 e. The normalized spacial score (nSPS) is 13.7. The van der Waals surface area contributed by atoms with Crippen LogP contribution < -0.4 is 4.90 Å². The number of nitrogens with zero attached hydrogens (tertiary/aromatic N) is 2. The predicted octanol–water partition coefficient (Wildman–Crippen LogP) is 5.32. The Morgan fingerprint density at radius 1 is 0.952 bits per heavy atom. The van der Waals surface area contributed by atoms with Crippen molar-refractivity contribution in [3.63, 3.8) is 0 Å². The van der Waals surface area contributed by atoms with Crippen molar-refractivity contribution < 1.29 is 0 Å². The Morgan fingerprint density at radius 2 is 1.62 bits per heavy atom. The second-order valence-electron chi connectivity index (χ2n) is 6.03. The van der Waals surface area contributed by atoms with Crippen molar-refractivity contribution in [2.24, 2.45) is 0 Å². The van der Waals surface area contributed by atoms with Crippen LogP contribution >= 0.6 is 17.0 Å². The van der Waals surface area contributed by atoms with E-state index in [-0.39, 0.29) is 17.0 Å². The lowest BCUT2D eigenvalue weighted by Gasteiger charge is -2.24. The molecule has 21 heavy (non-hydrogen) atoms. The first-order valence-electron chi connectivity index (χ1n) is 7.88. The molecule has 1 aromatic carbocycles. The lowest BCUT2D eigenvalue weighted by Crippen LogP contribution is -2.26. The molecule has 2 nitrogen and oxygen atoms in total. The van der Waals surface area contributed by atoms with E-state index in [4.69, 9.17) is 0 Å². The van der Waals surface area contributed by atoms with E-state index in [9.17, 15) is 0 Å². The molecule has 0 bridgehead atoms. The third kappa shape index (κ3) is 4.77. The Morgan fingerprint density at radius 3 is 2.24 bits per heavy atom. The molecule has 0 fully saturated rings. The van der Waals surface area contributed by atoms with Gasteiger partial charge in [-0.2, -0.15) is 0 Å². The van der Waals surface area contributed by atoms with Crippen LogP contribution in [0.2, 0.25) is 0 Å². The number of hydrogen-bond acceptors (Lipinski definition) is 2. The van der Waals surface area contributed by atoms with Crippen LogP contribution in [0.5, 0.6) is 0 Å². The number of anilines is 1. The van der Waals surface area contributed by atoms with E-state index in [2.05, 4.69) is 62.0 Å². The Hall–Kier alpha value is -0.960. The molecule has 118 valence electrons. The van der Waals surface area contributed by atoms with Gasteiger partial charge in [0, 0.05) is 24.6 Å². The Balaban J connectivity index is 0.00000220. The summed E-state index contributed by atoms with van der Waals surface area (Å²) in [5, 5.41) is 0. The third-order valence-corrected chi connectivity index (χ3v) is 4.01. The lowest BCUT2D eigenvalue weighted by atomic mass is 10.0. The molecular weight excluding hydrogens is 324 g/mol. The quantitative estimate of drug-likeness (QED) is 0.639. The Labute approximate surface area is 140 Å². The minimum absolute atomic E-state index is 0. The van der Waals surface area contributed by atoms with Crippen molar-refractivity contribution in [1.82, 2.24) is 4.90 Å². The summed E-state index contributed by atoms with van der Waals surface area (Å²) in [6.45, 7) is 11.0. The van der Waals surface area contributed by atoms with Crippen LogP contribution in [0.3, 0.4) is 0 Å². The third-order valence-electron chi connectivity index (χ3n) is 4.01. The molecule has 1 heterocycles. The van der Waals surface area contributed by atoms with Crippen molar-refractivity contribution in [3.8, 4) is 0 Å². The van der Waals surface area contributed by atoms with Crippen molar-refractivity contribution in [3.05, 3.63) is 41.2 Å². The first-order chi connectivity index (χ1) is 9.61. The van der Waals surface area contributed by atoms with Crippen LogP contribution in [0, 0.1) is 20.8 Å². The van der Waals surface area contributed by atoms with Gasteiger partial charge < -0.3 is 9.80 Å². The summed E-state index contributed by atoms with van der Waals surface area (Å²) >= 11 is 0. The van der Waals surface area contributed by atoms with Crippen molar-refractivity contribution in [2.75, 3.05) is 18.1 Å². The fraction of sp³-hybridized carbons (Fsp3) is 0.556. The number of benzene rings is 1. The minimum atomic E-state index is 0. The summed E-state index contributed by atoms with van der Waals surface area (Å²) in [6.07, 6.45) is 9.79. The molecule has 1 aliphatic heterocycles. The molecule has 0 amide bonds. The topological polar surface area (TPSA) is 6.48 Å². The van der Waals surface area contributed by atoms with E-state index < -0.39 is 0 Å². The fourth-order valence-electron chi connectivity index (χ4n) is 3.12. The highest BCUT2D eigenvalue weighted by Gasteiger charge is 2.17. The average Bonchev–Trinajstić information content (AvgIpc) is 2.82. The van der Waals surface area contributed by atoms with Crippen LogP contribution in [0.4, 0.5) is 5.69 Å². The van der Waals surface area contributed by atoms with Gasteiger partial charge in [0.05, 0.1) is 6.67 Å². The molecule has 1 aromatic rings. The van der Waals surface area contributed by atoms with E-state index in [1.54, 1.807) is 0 Å². The second kappa shape index (κ2) is 8.47.